The second-order valence-corrected chi connectivity index (χ2v) is 3.49. The Labute approximate surface area is 85.4 Å². The molecule has 72 valence electrons. The molecule has 0 spiro atoms. The van der Waals surface area contributed by atoms with Gasteiger partial charge in [0.15, 0.2) is 0 Å². The molecule has 1 rings (SSSR count). The topological polar surface area (TPSA) is 23.5 Å². The third-order valence-electron chi connectivity index (χ3n) is 1.49. The molecule has 0 atom stereocenters. The summed E-state index contributed by atoms with van der Waals surface area (Å²) in [5, 5.41) is 10.1. The van der Waals surface area contributed by atoms with Crippen LogP contribution in [-0.4, -0.2) is 17.3 Å². The first-order valence-corrected chi connectivity index (χ1v) is 4.29. The lowest BCUT2D eigenvalue weighted by Gasteiger charge is -2.10. The zero-order valence-electron chi connectivity index (χ0n) is 6.89. The van der Waals surface area contributed by atoms with E-state index in [1.54, 1.807) is 0 Å². The van der Waals surface area contributed by atoms with Crippen molar-refractivity contribution in [2.75, 3.05) is 7.05 Å². The number of hydrogen-bond donors (Lipinski definition) is 1. The summed E-state index contributed by atoms with van der Waals surface area (Å²) >= 11 is 11.2. The molecule has 0 aromatic heterocycles. The van der Waals surface area contributed by atoms with Crippen LogP contribution in [0.15, 0.2) is 12.1 Å². The predicted molar refractivity (Wildman–Crippen MR) is 49.7 cm³/mol. The highest BCUT2D eigenvalue weighted by Gasteiger charge is 2.07. The van der Waals surface area contributed by atoms with Crippen molar-refractivity contribution in [2.24, 2.45) is 0 Å². The molecular weight excluding hydrogens is 216 g/mol. The van der Waals surface area contributed by atoms with E-state index in [2.05, 4.69) is 0 Å². The van der Waals surface area contributed by atoms with Gasteiger partial charge in [-0.2, -0.15) is 5.06 Å². The van der Waals surface area contributed by atoms with Gasteiger partial charge >= 0.3 is 0 Å². The average molecular weight is 224 g/mol. The quantitative estimate of drug-likeness (QED) is 0.616. The van der Waals surface area contributed by atoms with Crippen LogP contribution in [-0.2, 0) is 6.54 Å². The first kappa shape index (κ1) is 10.7. The molecule has 0 aliphatic carbocycles. The zero-order chi connectivity index (χ0) is 10.0. The fourth-order valence-electron chi connectivity index (χ4n) is 0.931. The Morgan fingerprint density at radius 1 is 1.38 bits per heavy atom. The Kier molecular flexibility index (Phi) is 3.50. The summed E-state index contributed by atoms with van der Waals surface area (Å²) in [4.78, 5) is 0. The van der Waals surface area contributed by atoms with Gasteiger partial charge in [0.25, 0.3) is 0 Å². The van der Waals surface area contributed by atoms with E-state index < -0.39 is 5.82 Å². The van der Waals surface area contributed by atoms with Crippen molar-refractivity contribution >= 4 is 23.2 Å². The highest BCUT2D eigenvalue weighted by Crippen LogP contribution is 2.24. The predicted octanol–water partition coefficient (Wildman–Crippen LogP) is 2.95. The first-order chi connectivity index (χ1) is 6.00. The van der Waals surface area contributed by atoms with Crippen molar-refractivity contribution in [2.45, 2.75) is 6.54 Å². The van der Waals surface area contributed by atoms with Crippen LogP contribution in [0.3, 0.4) is 0 Å². The lowest BCUT2D eigenvalue weighted by Crippen LogP contribution is -2.12. The normalized spacial score (nSPS) is 10.9. The first-order valence-electron chi connectivity index (χ1n) is 3.54. The minimum Gasteiger partial charge on any atom is -0.314 e. The smallest absolute Gasteiger partial charge is 0.142 e. The number of hydrogen-bond acceptors (Lipinski definition) is 2. The van der Waals surface area contributed by atoms with E-state index >= 15 is 0 Å². The SMILES string of the molecule is CN(O)Cc1cc(F)c(Cl)cc1Cl. The second-order valence-electron chi connectivity index (χ2n) is 2.67. The Morgan fingerprint density at radius 3 is 2.54 bits per heavy atom. The fraction of sp³-hybridized carbons (Fsp3) is 0.250. The Hall–Kier alpha value is -0.350. The molecule has 0 aliphatic heterocycles. The molecule has 5 heteroatoms. The average Bonchev–Trinajstić information content (AvgIpc) is 1.99. The van der Waals surface area contributed by atoms with Crippen LogP contribution in [0.4, 0.5) is 4.39 Å². The largest absolute Gasteiger partial charge is 0.314 e. The Balaban J connectivity index is 3.01. The maximum atomic E-state index is 12.9. The van der Waals surface area contributed by atoms with Crippen molar-refractivity contribution in [3.05, 3.63) is 33.6 Å². The number of hydroxylamine groups is 2. The molecule has 0 aliphatic rings. The maximum Gasteiger partial charge on any atom is 0.142 e. The molecule has 0 amide bonds. The number of nitrogens with zero attached hydrogens (tertiary/aromatic N) is 1. The molecule has 13 heavy (non-hydrogen) atoms. The Bertz CT molecular complexity index is 317. The van der Waals surface area contributed by atoms with Crippen LogP contribution in [0, 0.1) is 5.82 Å². The van der Waals surface area contributed by atoms with Crippen LogP contribution in [0.1, 0.15) is 5.56 Å². The summed E-state index contributed by atoms with van der Waals surface area (Å²) in [6.07, 6.45) is 0. The maximum absolute atomic E-state index is 12.9. The van der Waals surface area contributed by atoms with E-state index in [0.29, 0.717) is 10.6 Å². The van der Waals surface area contributed by atoms with Crippen LogP contribution in [0.25, 0.3) is 0 Å². The monoisotopic (exact) mass is 223 g/mol. The highest BCUT2D eigenvalue weighted by atomic mass is 35.5. The zero-order valence-corrected chi connectivity index (χ0v) is 8.40. The third-order valence-corrected chi connectivity index (χ3v) is 2.13. The van der Waals surface area contributed by atoms with Gasteiger partial charge in [-0.1, -0.05) is 23.2 Å². The third kappa shape index (κ3) is 2.81. The van der Waals surface area contributed by atoms with Crippen molar-refractivity contribution in [3.8, 4) is 0 Å². The second kappa shape index (κ2) is 4.24. The summed E-state index contributed by atoms with van der Waals surface area (Å²) in [6.45, 7) is 0.160. The molecule has 1 N–H and O–H groups in total. The lowest BCUT2D eigenvalue weighted by atomic mass is 10.2. The van der Waals surface area contributed by atoms with Gasteiger partial charge in [0.1, 0.15) is 5.82 Å². The Morgan fingerprint density at radius 2 is 2.00 bits per heavy atom. The van der Waals surface area contributed by atoms with Crippen LogP contribution >= 0.6 is 23.2 Å². The van der Waals surface area contributed by atoms with Gasteiger partial charge in [-0.05, 0) is 17.7 Å². The fourth-order valence-corrected chi connectivity index (χ4v) is 1.37. The molecule has 0 fully saturated rings. The summed E-state index contributed by atoms with van der Waals surface area (Å²) in [5.41, 5.74) is 0.494. The molecule has 0 heterocycles. The summed E-state index contributed by atoms with van der Waals surface area (Å²) in [5.74, 6) is -0.539. The van der Waals surface area contributed by atoms with Gasteiger partial charge in [0.05, 0.1) is 11.6 Å². The molecule has 1 aromatic rings. The molecule has 0 radical (unpaired) electrons. The van der Waals surface area contributed by atoms with Crippen molar-refractivity contribution in [1.29, 1.82) is 0 Å². The van der Waals surface area contributed by atoms with Crippen molar-refractivity contribution in [1.82, 2.24) is 5.06 Å². The summed E-state index contributed by atoms with van der Waals surface area (Å²) < 4.78 is 12.9. The van der Waals surface area contributed by atoms with Gasteiger partial charge in [-0.25, -0.2) is 4.39 Å². The number of benzene rings is 1. The highest BCUT2D eigenvalue weighted by molar-refractivity contribution is 6.35. The van der Waals surface area contributed by atoms with Gasteiger partial charge in [-0.15, -0.1) is 0 Å². The van der Waals surface area contributed by atoms with E-state index in [1.807, 2.05) is 0 Å². The van der Waals surface area contributed by atoms with Crippen LogP contribution in [0.2, 0.25) is 10.0 Å². The van der Waals surface area contributed by atoms with Crippen LogP contribution in [0.5, 0.6) is 0 Å². The van der Waals surface area contributed by atoms with Gasteiger partial charge in [0, 0.05) is 12.1 Å². The molecule has 0 saturated heterocycles. The van der Waals surface area contributed by atoms with Gasteiger partial charge in [0.2, 0.25) is 0 Å². The van der Waals surface area contributed by atoms with E-state index in [-0.39, 0.29) is 11.6 Å². The van der Waals surface area contributed by atoms with Crippen LogP contribution < -0.4 is 0 Å². The van der Waals surface area contributed by atoms with E-state index in [1.165, 1.54) is 19.2 Å². The van der Waals surface area contributed by atoms with Gasteiger partial charge in [-0.3, -0.25) is 0 Å². The van der Waals surface area contributed by atoms with Crippen molar-refractivity contribution in [3.63, 3.8) is 0 Å². The summed E-state index contributed by atoms with van der Waals surface area (Å²) in [7, 11) is 1.45. The van der Waals surface area contributed by atoms with Crippen molar-refractivity contribution < 1.29 is 9.60 Å². The standard InChI is InChI=1S/C8H8Cl2FNO/c1-12(13)4-5-2-8(11)7(10)3-6(5)9/h2-3,13H,4H2,1H3. The van der Waals surface area contributed by atoms with E-state index in [4.69, 9.17) is 28.4 Å². The molecule has 0 saturated carbocycles. The number of rotatable bonds is 2. The van der Waals surface area contributed by atoms with Gasteiger partial charge < -0.3 is 5.21 Å². The summed E-state index contributed by atoms with van der Waals surface area (Å²) in [6, 6.07) is 2.52. The molecule has 2 nitrogen and oxygen atoms in total. The molecular formula is C8H8Cl2FNO. The molecule has 0 unspecified atom stereocenters. The minimum absolute atomic E-state index is 0.0191. The van der Waals surface area contributed by atoms with E-state index in [0.717, 1.165) is 5.06 Å². The lowest BCUT2D eigenvalue weighted by molar-refractivity contribution is -0.0731. The molecule has 1 aromatic carbocycles. The molecule has 0 bridgehead atoms. The minimum atomic E-state index is -0.539. The van der Waals surface area contributed by atoms with E-state index in [9.17, 15) is 4.39 Å². The number of halogens is 3.